The third-order valence-corrected chi connectivity index (χ3v) is 4.59. The average Bonchev–Trinajstić information content (AvgIpc) is 3.08. The normalized spacial score (nSPS) is 15.7. The molecule has 2 aromatic rings. The third-order valence-electron chi connectivity index (χ3n) is 3.95. The monoisotopic (exact) mass is 332 g/mol. The number of carbonyl (C=O) groups is 1. The van der Waals surface area contributed by atoms with Crippen molar-refractivity contribution in [2.75, 3.05) is 33.3 Å². The summed E-state index contributed by atoms with van der Waals surface area (Å²) in [6.45, 7) is 5.85. The van der Waals surface area contributed by atoms with Crippen LogP contribution in [0.1, 0.15) is 21.7 Å². The van der Waals surface area contributed by atoms with Gasteiger partial charge in [0.05, 0.1) is 18.3 Å². The van der Waals surface area contributed by atoms with E-state index in [1.54, 1.807) is 24.5 Å². The van der Waals surface area contributed by atoms with Crippen molar-refractivity contribution in [3.8, 4) is 5.88 Å². The zero-order valence-corrected chi connectivity index (χ0v) is 14.2. The molecule has 1 saturated heterocycles. The fourth-order valence-corrected chi connectivity index (χ4v) is 3.22. The first-order valence-electron chi connectivity index (χ1n) is 7.57. The van der Waals surface area contributed by atoms with Crippen LogP contribution in [0.15, 0.2) is 23.0 Å². The molecule has 1 fully saturated rings. The summed E-state index contributed by atoms with van der Waals surface area (Å²) in [4.78, 5) is 25.5. The van der Waals surface area contributed by atoms with E-state index in [4.69, 9.17) is 4.74 Å². The highest BCUT2D eigenvalue weighted by atomic mass is 32.1. The summed E-state index contributed by atoms with van der Waals surface area (Å²) in [5.41, 5.74) is 4.32. The Morgan fingerprint density at radius 1 is 1.30 bits per heavy atom. The zero-order chi connectivity index (χ0) is 16.2. The number of piperazine rings is 1. The molecule has 0 bridgehead atoms. The Bertz CT molecular complexity index is 667. The zero-order valence-electron chi connectivity index (χ0n) is 13.4. The smallest absolute Gasteiger partial charge is 0.259 e. The van der Waals surface area contributed by atoms with E-state index in [1.807, 2.05) is 23.4 Å². The van der Waals surface area contributed by atoms with Crippen molar-refractivity contribution in [3.05, 3.63) is 40.0 Å². The van der Waals surface area contributed by atoms with Crippen molar-refractivity contribution in [3.63, 3.8) is 0 Å². The van der Waals surface area contributed by atoms with Crippen LogP contribution >= 0.6 is 11.3 Å². The minimum Gasteiger partial charge on any atom is -0.480 e. The van der Waals surface area contributed by atoms with Gasteiger partial charge in [-0.15, -0.1) is 11.3 Å². The number of hydrogen-bond donors (Lipinski definition) is 0. The van der Waals surface area contributed by atoms with E-state index in [-0.39, 0.29) is 5.91 Å². The molecule has 1 aliphatic rings. The van der Waals surface area contributed by atoms with Gasteiger partial charge < -0.3 is 9.64 Å². The second-order valence-corrected chi connectivity index (χ2v) is 6.28. The highest BCUT2D eigenvalue weighted by Crippen LogP contribution is 2.19. The van der Waals surface area contributed by atoms with E-state index in [0.29, 0.717) is 24.5 Å². The Morgan fingerprint density at radius 2 is 2.09 bits per heavy atom. The molecule has 3 heterocycles. The predicted molar refractivity (Wildman–Crippen MR) is 88.8 cm³/mol. The SMILES string of the molecule is COc1nc(C)ccc1C(=O)N1CCN(Cc2cscn2)CC1. The van der Waals surface area contributed by atoms with Gasteiger partial charge in [0.2, 0.25) is 5.88 Å². The van der Waals surface area contributed by atoms with Crippen molar-refractivity contribution in [1.29, 1.82) is 0 Å². The maximum atomic E-state index is 12.7. The van der Waals surface area contributed by atoms with E-state index < -0.39 is 0 Å². The number of aromatic nitrogens is 2. The minimum absolute atomic E-state index is 0.0114. The maximum absolute atomic E-state index is 12.7. The highest BCUT2D eigenvalue weighted by Gasteiger charge is 2.25. The molecule has 3 rings (SSSR count). The van der Waals surface area contributed by atoms with Crippen molar-refractivity contribution in [1.82, 2.24) is 19.8 Å². The average molecular weight is 332 g/mol. The summed E-state index contributed by atoms with van der Waals surface area (Å²) in [6, 6.07) is 3.64. The van der Waals surface area contributed by atoms with Gasteiger partial charge in [-0.2, -0.15) is 0 Å². The first kappa shape index (κ1) is 15.9. The molecule has 1 aliphatic heterocycles. The van der Waals surface area contributed by atoms with Gasteiger partial charge in [-0.1, -0.05) is 0 Å². The Morgan fingerprint density at radius 3 is 2.74 bits per heavy atom. The second kappa shape index (κ2) is 7.06. The Kier molecular flexibility index (Phi) is 4.88. The fourth-order valence-electron chi connectivity index (χ4n) is 2.68. The molecule has 0 N–H and O–H groups in total. The summed E-state index contributed by atoms with van der Waals surface area (Å²) in [6.07, 6.45) is 0. The number of rotatable bonds is 4. The van der Waals surface area contributed by atoms with Gasteiger partial charge in [-0.3, -0.25) is 9.69 Å². The van der Waals surface area contributed by atoms with Gasteiger partial charge in [0.1, 0.15) is 5.56 Å². The molecule has 0 unspecified atom stereocenters. The van der Waals surface area contributed by atoms with Crippen LogP contribution < -0.4 is 4.74 Å². The van der Waals surface area contributed by atoms with Gasteiger partial charge in [-0.25, -0.2) is 9.97 Å². The molecule has 2 aromatic heterocycles. The minimum atomic E-state index is -0.0114. The van der Waals surface area contributed by atoms with Gasteiger partial charge in [0.25, 0.3) is 5.91 Å². The van der Waals surface area contributed by atoms with Crippen molar-refractivity contribution < 1.29 is 9.53 Å². The van der Waals surface area contributed by atoms with Gasteiger partial charge in [-0.05, 0) is 19.1 Å². The molecule has 0 spiro atoms. The van der Waals surface area contributed by atoms with Crippen LogP contribution in [0.2, 0.25) is 0 Å². The lowest BCUT2D eigenvalue weighted by Crippen LogP contribution is -2.48. The van der Waals surface area contributed by atoms with E-state index >= 15 is 0 Å². The number of ether oxygens (including phenoxy) is 1. The standard InChI is InChI=1S/C16H20N4O2S/c1-12-3-4-14(15(18-12)22-2)16(21)20-7-5-19(6-8-20)9-13-10-23-11-17-13/h3-4,10-11H,5-9H2,1-2H3. The quantitative estimate of drug-likeness (QED) is 0.855. The fraction of sp³-hybridized carbons (Fsp3) is 0.438. The van der Waals surface area contributed by atoms with Crippen molar-refractivity contribution >= 4 is 17.2 Å². The molecular formula is C16H20N4O2S. The van der Waals surface area contributed by atoms with Crippen LogP contribution in [0, 0.1) is 6.92 Å². The molecule has 1 amide bonds. The van der Waals surface area contributed by atoms with Crippen LogP contribution in [0.3, 0.4) is 0 Å². The maximum Gasteiger partial charge on any atom is 0.259 e. The first-order valence-corrected chi connectivity index (χ1v) is 8.52. The van der Waals surface area contributed by atoms with Crippen LogP contribution in [0.5, 0.6) is 5.88 Å². The summed E-state index contributed by atoms with van der Waals surface area (Å²) in [5, 5.41) is 2.07. The van der Waals surface area contributed by atoms with Crippen molar-refractivity contribution in [2.24, 2.45) is 0 Å². The number of nitrogens with zero attached hydrogens (tertiary/aromatic N) is 4. The van der Waals surface area contributed by atoms with Gasteiger partial charge >= 0.3 is 0 Å². The molecular weight excluding hydrogens is 312 g/mol. The topological polar surface area (TPSA) is 58.6 Å². The highest BCUT2D eigenvalue weighted by molar-refractivity contribution is 7.07. The lowest BCUT2D eigenvalue weighted by atomic mass is 10.2. The molecule has 122 valence electrons. The molecule has 23 heavy (non-hydrogen) atoms. The summed E-state index contributed by atoms with van der Waals surface area (Å²) < 4.78 is 5.25. The number of aryl methyl sites for hydroxylation is 1. The van der Waals surface area contributed by atoms with E-state index in [9.17, 15) is 4.79 Å². The molecule has 0 atom stereocenters. The van der Waals surface area contributed by atoms with E-state index in [0.717, 1.165) is 31.0 Å². The van der Waals surface area contributed by atoms with E-state index in [2.05, 4.69) is 20.2 Å². The van der Waals surface area contributed by atoms with Crippen LogP contribution in [0.4, 0.5) is 0 Å². The number of pyridine rings is 1. The first-order chi connectivity index (χ1) is 11.2. The largest absolute Gasteiger partial charge is 0.480 e. The summed E-state index contributed by atoms with van der Waals surface area (Å²) >= 11 is 1.61. The molecule has 6 nitrogen and oxygen atoms in total. The molecule has 0 aromatic carbocycles. The third kappa shape index (κ3) is 3.68. The number of amides is 1. The second-order valence-electron chi connectivity index (χ2n) is 5.56. The molecule has 0 aliphatic carbocycles. The van der Waals surface area contributed by atoms with Crippen molar-refractivity contribution in [2.45, 2.75) is 13.5 Å². The van der Waals surface area contributed by atoms with Crippen LogP contribution in [-0.2, 0) is 6.54 Å². The summed E-state index contributed by atoms with van der Waals surface area (Å²) in [5.74, 6) is 0.391. The number of carbonyl (C=O) groups excluding carboxylic acids is 1. The molecule has 0 radical (unpaired) electrons. The Balaban J connectivity index is 1.62. The van der Waals surface area contributed by atoms with Crippen LogP contribution in [-0.4, -0.2) is 59.0 Å². The summed E-state index contributed by atoms with van der Waals surface area (Å²) in [7, 11) is 1.55. The van der Waals surface area contributed by atoms with Gasteiger partial charge in [0, 0.05) is 43.8 Å². The Hall–Kier alpha value is -1.99. The van der Waals surface area contributed by atoms with Gasteiger partial charge in [0.15, 0.2) is 0 Å². The lowest BCUT2D eigenvalue weighted by Gasteiger charge is -2.34. The molecule has 7 heteroatoms. The predicted octanol–water partition coefficient (Wildman–Crippen LogP) is 1.81. The Labute approximate surface area is 139 Å². The number of methoxy groups -OCH3 is 1. The number of thiazole rings is 1. The lowest BCUT2D eigenvalue weighted by molar-refractivity contribution is 0.0623. The van der Waals surface area contributed by atoms with E-state index in [1.165, 1.54) is 0 Å². The van der Waals surface area contributed by atoms with Crippen LogP contribution in [0.25, 0.3) is 0 Å². The molecule has 0 saturated carbocycles. The number of hydrogen-bond acceptors (Lipinski definition) is 6.